The summed E-state index contributed by atoms with van der Waals surface area (Å²) in [6, 6.07) is 8.29. The lowest BCUT2D eigenvalue weighted by atomic mass is 10.2. The Hall–Kier alpha value is -2.69. The minimum Gasteiger partial charge on any atom is -0.364 e. The fourth-order valence-corrected chi connectivity index (χ4v) is 3.94. The molecule has 1 saturated heterocycles. The van der Waals surface area contributed by atoms with Gasteiger partial charge in [0, 0.05) is 5.69 Å². The van der Waals surface area contributed by atoms with Gasteiger partial charge in [-0.3, -0.25) is 9.36 Å². The number of carbonyl (C=O) groups excluding carboxylic acids is 1. The number of nitrogens with one attached hydrogen (secondary N) is 2. The van der Waals surface area contributed by atoms with E-state index in [0.29, 0.717) is 17.1 Å². The van der Waals surface area contributed by atoms with E-state index in [1.54, 1.807) is 16.7 Å². The van der Waals surface area contributed by atoms with E-state index in [2.05, 4.69) is 11.4 Å². The fraction of sp³-hybridized carbons (Fsp3) is 0.429. The number of nitriles is 1. The van der Waals surface area contributed by atoms with Crippen LogP contribution in [0.1, 0.15) is 30.7 Å². The zero-order valence-corrected chi connectivity index (χ0v) is 16.7. The molecule has 7 heteroatoms. The highest BCUT2D eigenvalue weighted by Gasteiger charge is 2.28. The molecule has 0 bridgehead atoms. The van der Waals surface area contributed by atoms with Gasteiger partial charge in [-0.1, -0.05) is 6.07 Å². The summed E-state index contributed by atoms with van der Waals surface area (Å²) < 4.78 is 21.2. The number of halogens is 1. The lowest BCUT2D eigenvalue weighted by molar-refractivity contribution is -0.907. The first kappa shape index (κ1) is 20.1. The van der Waals surface area contributed by atoms with Gasteiger partial charge in [0.25, 0.3) is 5.91 Å². The monoisotopic (exact) mass is 385 g/mol. The highest BCUT2D eigenvalue weighted by molar-refractivity contribution is 5.93. The second kappa shape index (κ2) is 8.13. The summed E-state index contributed by atoms with van der Waals surface area (Å²) in [6.07, 6.45) is 0.198. The number of hydrogen-bond donors (Lipinski definition) is 2. The van der Waals surface area contributed by atoms with E-state index in [-0.39, 0.29) is 30.5 Å². The van der Waals surface area contributed by atoms with Crippen molar-refractivity contribution in [2.75, 3.05) is 25.0 Å². The molecule has 0 saturated carbocycles. The van der Waals surface area contributed by atoms with Gasteiger partial charge in [-0.2, -0.15) is 5.26 Å². The minimum absolute atomic E-state index is 0.0989. The SMILES string of the molecule is Cc1c(C#N)c(NC(=O)C[NH+]2C[C@@H](C)O[C@@H](C)C2)n(-c2cccc(F)c2)c1C. The Balaban J connectivity index is 1.90. The highest BCUT2D eigenvalue weighted by atomic mass is 19.1. The molecule has 3 rings (SSSR count). The number of anilines is 1. The zero-order chi connectivity index (χ0) is 20.4. The van der Waals surface area contributed by atoms with Crippen LogP contribution in [0.2, 0.25) is 0 Å². The first-order valence-electron chi connectivity index (χ1n) is 9.47. The fourth-order valence-electron chi connectivity index (χ4n) is 3.94. The molecular weight excluding hydrogens is 359 g/mol. The molecule has 2 aromatic rings. The first-order chi connectivity index (χ1) is 13.3. The van der Waals surface area contributed by atoms with Gasteiger partial charge in [0.15, 0.2) is 6.54 Å². The Bertz CT molecular complexity index is 921. The molecular formula is C21H26FN4O2+. The van der Waals surface area contributed by atoms with Gasteiger partial charge in [0.2, 0.25) is 0 Å². The van der Waals surface area contributed by atoms with E-state index >= 15 is 0 Å². The topological polar surface area (TPSA) is 71.5 Å². The van der Waals surface area contributed by atoms with Crippen LogP contribution in [0.15, 0.2) is 24.3 Å². The molecule has 1 aromatic heterocycles. The van der Waals surface area contributed by atoms with E-state index in [0.717, 1.165) is 29.2 Å². The van der Waals surface area contributed by atoms with Crippen molar-refractivity contribution in [1.82, 2.24) is 4.57 Å². The molecule has 148 valence electrons. The molecule has 6 nitrogen and oxygen atoms in total. The minimum atomic E-state index is -0.375. The van der Waals surface area contributed by atoms with Gasteiger partial charge >= 0.3 is 0 Å². The van der Waals surface area contributed by atoms with E-state index in [1.165, 1.54) is 12.1 Å². The van der Waals surface area contributed by atoms with Crippen molar-refractivity contribution in [3.63, 3.8) is 0 Å². The summed E-state index contributed by atoms with van der Waals surface area (Å²) in [5, 5.41) is 12.5. The third-order valence-electron chi connectivity index (χ3n) is 5.18. The van der Waals surface area contributed by atoms with E-state index in [9.17, 15) is 14.4 Å². The average molecular weight is 385 g/mol. The predicted molar refractivity (Wildman–Crippen MR) is 104 cm³/mol. The number of nitrogens with zero attached hydrogens (tertiary/aromatic N) is 2. The van der Waals surface area contributed by atoms with Gasteiger partial charge in [0.05, 0.1) is 11.3 Å². The van der Waals surface area contributed by atoms with Gasteiger partial charge in [0.1, 0.15) is 43.0 Å². The maximum atomic E-state index is 13.8. The van der Waals surface area contributed by atoms with Crippen molar-refractivity contribution < 1.29 is 18.8 Å². The summed E-state index contributed by atoms with van der Waals surface area (Å²) in [4.78, 5) is 13.9. The van der Waals surface area contributed by atoms with Crippen LogP contribution in [-0.4, -0.2) is 42.3 Å². The van der Waals surface area contributed by atoms with E-state index in [1.807, 2.05) is 27.7 Å². The van der Waals surface area contributed by atoms with Crippen molar-refractivity contribution >= 4 is 11.7 Å². The summed E-state index contributed by atoms with van der Waals surface area (Å²) in [7, 11) is 0. The van der Waals surface area contributed by atoms with Crippen molar-refractivity contribution in [1.29, 1.82) is 5.26 Å². The normalized spacial score (nSPS) is 21.9. The number of quaternary nitrogens is 1. The van der Waals surface area contributed by atoms with Crippen molar-refractivity contribution in [2.45, 2.75) is 39.9 Å². The molecule has 0 spiro atoms. The maximum absolute atomic E-state index is 13.8. The van der Waals surface area contributed by atoms with Gasteiger partial charge in [-0.15, -0.1) is 0 Å². The lowest BCUT2D eigenvalue weighted by Gasteiger charge is -2.31. The smallest absolute Gasteiger partial charge is 0.280 e. The van der Waals surface area contributed by atoms with Crippen LogP contribution in [0.5, 0.6) is 0 Å². The quantitative estimate of drug-likeness (QED) is 0.842. The molecule has 1 unspecified atom stereocenters. The molecule has 1 aliphatic rings. The molecule has 1 fully saturated rings. The maximum Gasteiger partial charge on any atom is 0.280 e. The molecule has 3 atom stereocenters. The number of benzene rings is 1. The van der Waals surface area contributed by atoms with Crippen LogP contribution < -0.4 is 10.2 Å². The summed E-state index contributed by atoms with van der Waals surface area (Å²) in [5.74, 6) is -0.162. The number of rotatable bonds is 4. The molecule has 1 amide bonds. The van der Waals surface area contributed by atoms with Gasteiger partial charge in [-0.25, -0.2) is 4.39 Å². The Labute approximate surface area is 164 Å². The molecule has 28 heavy (non-hydrogen) atoms. The van der Waals surface area contributed by atoms with Crippen LogP contribution in [0.25, 0.3) is 5.69 Å². The average Bonchev–Trinajstić information content (AvgIpc) is 2.83. The molecule has 1 aliphatic heterocycles. The highest BCUT2D eigenvalue weighted by Crippen LogP contribution is 2.30. The predicted octanol–water partition coefficient (Wildman–Crippen LogP) is 1.74. The number of morpholine rings is 1. The number of carbonyl (C=O) groups is 1. The summed E-state index contributed by atoms with van der Waals surface area (Å²) in [5.41, 5.74) is 2.52. The van der Waals surface area contributed by atoms with Crippen molar-refractivity contribution in [3.05, 3.63) is 46.9 Å². The van der Waals surface area contributed by atoms with Crippen LogP contribution >= 0.6 is 0 Å². The Morgan fingerprint density at radius 3 is 2.64 bits per heavy atom. The number of aromatic nitrogens is 1. The molecule has 2 N–H and O–H groups in total. The molecule has 2 heterocycles. The Morgan fingerprint density at radius 2 is 2.04 bits per heavy atom. The Kier molecular flexibility index (Phi) is 5.82. The largest absolute Gasteiger partial charge is 0.364 e. The van der Waals surface area contributed by atoms with Gasteiger partial charge in [-0.05, 0) is 51.5 Å². The van der Waals surface area contributed by atoms with Crippen molar-refractivity contribution in [3.8, 4) is 11.8 Å². The van der Waals surface area contributed by atoms with Crippen LogP contribution in [0.3, 0.4) is 0 Å². The van der Waals surface area contributed by atoms with E-state index in [4.69, 9.17) is 4.74 Å². The third kappa shape index (κ3) is 4.08. The van der Waals surface area contributed by atoms with Crippen LogP contribution in [0.4, 0.5) is 10.2 Å². The zero-order valence-electron chi connectivity index (χ0n) is 16.7. The number of hydrogen-bond acceptors (Lipinski definition) is 3. The number of ether oxygens (including phenoxy) is 1. The molecule has 0 aliphatic carbocycles. The van der Waals surface area contributed by atoms with Crippen LogP contribution in [-0.2, 0) is 9.53 Å². The van der Waals surface area contributed by atoms with Gasteiger partial charge < -0.3 is 15.0 Å². The van der Waals surface area contributed by atoms with Crippen LogP contribution in [0, 0.1) is 31.0 Å². The van der Waals surface area contributed by atoms with Crippen molar-refractivity contribution in [2.24, 2.45) is 0 Å². The molecule has 0 radical (unpaired) electrons. The summed E-state index contributed by atoms with van der Waals surface area (Å²) in [6.45, 7) is 9.49. The Morgan fingerprint density at radius 1 is 1.36 bits per heavy atom. The lowest BCUT2D eigenvalue weighted by Crippen LogP contribution is -3.16. The summed E-state index contributed by atoms with van der Waals surface area (Å²) >= 11 is 0. The molecule has 1 aromatic carbocycles. The standard InChI is InChI=1S/C21H25FN4O2/c1-13-10-25(11-14(2)28-13)12-20(27)24-21-19(9-23)15(3)16(4)26(21)18-7-5-6-17(22)8-18/h5-8,13-14H,10-12H2,1-4H3,(H,24,27)/p+1/t13-,14+. The number of amides is 1. The first-order valence-corrected chi connectivity index (χ1v) is 9.47. The van der Waals surface area contributed by atoms with E-state index < -0.39 is 0 Å². The second-order valence-corrected chi connectivity index (χ2v) is 7.50. The second-order valence-electron chi connectivity index (χ2n) is 7.50. The third-order valence-corrected chi connectivity index (χ3v) is 5.18.